The third kappa shape index (κ3) is 7.56. The lowest BCUT2D eigenvalue weighted by Gasteiger charge is -1.76. The molecule has 1 rings (SSSR count). The van der Waals surface area contributed by atoms with Crippen LogP contribution in [0.4, 0.5) is 0 Å². The van der Waals surface area contributed by atoms with Crippen molar-refractivity contribution >= 4 is 12.6 Å². The van der Waals surface area contributed by atoms with E-state index in [1.54, 1.807) is 18.8 Å². The molecule has 0 saturated carbocycles. The highest BCUT2D eigenvalue weighted by atomic mass is 32.1. The molecular weight excluding hydrogens is 144 g/mol. The molecule has 1 heterocycles. The largest absolute Gasteiger partial charge is 0.341 e. The van der Waals surface area contributed by atoms with Gasteiger partial charge in [0, 0.05) is 19.4 Å². The summed E-state index contributed by atoms with van der Waals surface area (Å²) in [6, 6.07) is 0. The van der Waals surface area contributed by atoms with Gasteiger partial charge in [-0.15, -0.1) is 0 Å². The molecule has 2 nitrogen and oxygen atoms in total. The summed E-state index contributed by atoms with van der Waals surface area (Å²) in [6.45, 7) is 0. The van der Waals surface area contributed by atoms with Crippen molar-refractivity contribution in [3.63, 3.8) is 0 Å². The molecule has 0 aromatic carbocycles. The smallest absolute Gasteiger partial charge is 0.0943 e. The second-order valence-corrected chi connectivity index (χ2v) is 1.23. The lowest BCUT2D eigenvalue weighted by Crippen LogP contribution is -1.76. The van der Waals surface area contributed by atoms with Gasteiger partial charge in [0.2, 0.25) is 0 Å². The van der Waals surface area contributed by atoms with Crippen LogP contribution in [-0.2, 0) is 7.05 Å². The number of nitrogens with zero attached hydrogens (tertiary/aromatic N) is 2. The van der Waals surface area contributed by atoms with Crippen LogP contribution in [0.5, 0.6) is 0 Å². The van der Waals surface area contributed by atoms with Gasteiger partial charge in [0.05, 0.1) is 6.33 Å². The van der Waals surface area contributed by atoms with E-state index in [0.717, 1.165) is 0 Å². The molecule has 3 heteroatoms. The quantitative estimate of drug-likeness (QED) is 0.579. The topological polar surface area (TPSA) is 17.8 Å². The number of imidazole rings is 1. The molecular formula is C7H18N2S. The SMILES string of the molecule is C.C.CS.Cn1ccnc1. The second-order valence-electron chi connectivity index (χ2n) is 1.23. The third-order valence-electron chi connectivity index (χ3n) is 0.637. The van der Waals surface area contributed by atoms with E-state index >= 15 is 0 Å². The van der Waals surface area contributed by atoms with Gasteiger partial charge in [-0.05, 0) is 6.26 Å². The number of aryl methyl sites for hydroxylation is 1. The minimum Gasteiger partial charge on any atom is -0.341 e. The van der Waals surface area contributed by atoms with E-state index in [1.165, 1.54) is 0 Å². The molecule has 0 spiro atoms. The van der Waals surface area contributed by atoms with Crippen molar-refractivity contribution in [3.8, 4) is 0 Å². The Labute approximate surface area is 69.7 Å². The van der Waals surface area contributed by atoms with Crippen LogP contribution >= 0.6 is 12.6 Å². The summed E-state index contributed by atoms with van der Waals surface area (Å²) in [7, 11) is 1.94. The number of rotatable bonds is 0. The Morgan fingerprint density at radius 2 is 1.80 bits per heavy atom. The summed E-state index contributed by atoms with van der Waals surface area (Å²) < 4.78 is 1.89. The number of thiol groups is 1. The van der Waals surface area contributed by atoms with Crippen molar-refractivity contribution in [2.75, 3.05) is 6.26 Å². The van der Waals surface area contributed by atoms with Gasteiger partial charge in [-0.2, -0.15) is 12.6 Å². The Morgan fingerprint density at radius 1 is 1.30 bits per heavy atom. The fourth-order valence-corrected chi connectivity index (χ4v) is 0.326. The molecule has 0 atom stereocenters. The van der Waals surface area contributed by atoms with Crippen molar-refractivity contribution in [3.05, 3.63) is 18.7 Å². The predicted molar refractivity (Wildman–Crippen MR) is 51.6 cm³/mol. The molecule has 0 saturated heterocycles. The Hall–Kier alpha value is -0.440. The first-order valence-corrected chi connectivity index (χ1v) is 3.15. The van der Waals surface area contributed by atoms with Crippen molar-refractivity contribution in [1.82, 2.24) is 9.55 Å². The fraction of sp³-hybridized carbons (Fsp3) is 0.571. The van der Waals surface area contributed by atoms with Gasteiger partial charge in [0.1, 0.15) is 0 Å². The van der Waals surface area contributed by atoms with Gasteiger partial charge in [0.15, 0.2) is 0 Å². The van der Waals surface area contributed by atoms with Gasteiger partial charge in [-0.3, -0.25) is 0 Å². The predicted octanol–water partition coefficient (Wildman–Crippen LogP) is 2.24. The monoisotopic (exact) mass is 162 g/mol. The molecule has 0 unspecified atom stereocenters. The molecule has 1 aromatic heterocycles. The summed E-state index contributed by atoms with van der Waals surface area (Å²) in [5.41, 5.74) is 0. The molecule has 0 aliphatic heterocycles. The van der Waals surface area contributed by atoms with Crippen LogP contribution in [0.1, 0.15) is 14.9 Å². The maximum Gasteiger partial charge on any atom is 0.0943 e. The summed E-state index contributed by atoms with van der Waals surface area (Å²) >= 11 is 3.53. The highest BCUT2D eigenvalue weighted by molar-refractivity contribution is 7.79. The maximum absolute atomic E-state index is 3.78. The van der Waals surface area contributed by atoms with Crippen LogP contribution in [0.2, 0.25) is 0 Å². The lowest BCUT2D eigenvalue weighted by molar-refractivity contribution is 0.913. The summed E-state index contributed by atoms with van der Waals surface area (Å²) in [5.74, 6) is 0. The molecule has 62 valence electrons. The van der Waals surface area contributed by atoms with Crippen molar-refractivity contribution in [1.29, 1.82) is 0 Å². The van der Waals surface area contributed by atoms with E-state index in [9.17, 15) is 0 Å². The average molecular weight is 162 g/mol. The zero-order chi connectivity index (χ0) is 6.41. The van der Waals surface area contributed by atoms with E-state index < -0.39 is 0 Å². The highest BCUT2D eigenvalue weighted by Crippen LogP contribution is 1.73. The van der Waals surface area contributed by atoms with Gasteiger partial charge in [-0.25, -0.2) is 4.98 Å². The van der Waals surface area contributed by atoms with E-state index in [-0.39, 0.29) is 14.9 Å². The number of aromatic nitrogens is 2. The van der Waals surface area contributed by atoms with Crippen molar-refractivity contribution in [2.45, 2.75) is 14.9 Å². The fourth-order valence-electron chi connectivity index (χ4n) is 0.326. The molecule has 0 N–H and O–H groups in total. The third-order valence-corrected chi connectivity index (χ3v) is 0.637. The van der Waals surface area contributed by atoms with Crippen LogP contribution < -0.4 is 0 Å². The lowest BCUT2D eigenvalue weighted by atomic mass is 10.9. The molecule has 0 radical (unpaired) electrons. The van der Waals surface area contributed by atoms with Crippen molar-refractivity contribution < 1.29 is 0 Å². The molecule has 0 fully saturated rings. The van der Waals surface area contributed by atoms with E-state index in [0.29, 0.717) is 0 Å². The van der Waals surface area contributed by atoms with E-state index in [1.807, 2.05) is 17.8 Å². The Bertz CT molecular complexity index is 115. The van der Waals surface area contributed by atoms with E-state index in [2.05, 4.69) is 17.6 Å². The molecule has 1 aromatic rings. The molecule has 0 amide bonds. The summed E-state index contributed by atoms with van der Waals surface area (Å²) in [4.78, 5) is 3.78. The first-order valence-electron chi connectivity index (χ1n) is 2.26. The minimum absolute atomic E-state index is 0. The van der Waals surface area contributed by atoms with Crippen LogP contribution in [-0.4, -0.2) is 15.8 Å². The first kappa shape index (κ1) is 16.3. The number of hydrogen-bond donors (Lipinski definition) is 1. The highest BCUT2D eigenvalue weighted by Gasteiger charge is 1.69. The van der Waals surface area contributed by atoms with Crippen LogP contribution in [0, 0.1) is 0 Å². The van der Waals surface area contributed by atoms with Crippen LogP contribution in [0.15, 0.2) is 18.7 Å². The van der Waals surface area contributed by atoms with Crippen LogP contribution in [0.25, 0.3) is 0 Å². The Morgan fingerprint density at radius 3 is 1.90 bits per heavy atom. The molecule has 0 bridgehead atoms. The van der Waals surface area contributed by atoms with Gasteiger partial charge in [0.25, 0.3) is 0 Å². The van der Waals surface area contributed by atoms with Gasteiger partial charge < -0.3 is 4.57 Å². The molecule has 0 aliphatic carbocycles. The standard InChI is InChI=1S/C4H6N2.CH4S.2CH4/c1-6-3-2-5-4-6;1-2;;/h2-4H,1H3;2H,1H3;2*1H4. The van der Waals surface area contributed by atoms with Crippen LogP contribution in [0.3, 0.4) is 0 Å². The zero-order valence-electron chi connectivity index (χ0n) is 5.07. The van der Waals surface area contributed by atoms with E-state index in [4.69, 9.17) is 0 Å². The van der Waals surface area contributed by atoms with Gasteiger partial charge >= 0.3 is 0 Å². The summed E-state index contributed by atoms with van der Waals surface area (Å²) in [5, 5.41) is 0. The van der Waals surface area contributed by atoms with Gasteiger partial charge in [-0.1, -0.05) is 14.9 Å². The van der Waals surface area contributed by atoms with Crippen molar-refractivity contribution in [2.24, 2.45) is 7.05 Å². The molecule has 10 heavy (non-hydrogen) atoms. The molecule has 0 aliphatic rings. The normalized spacial score (nSPS) is 5.90. The minimum atomic E-state index is 0. The maximum atomic E-state index is 3.78. The average Bonchev–Trinajstić information content (AvgIpc) is 2.24. The Kier molecular flexibility index (Phi) is 18.5. The summed E-state index contributed by atoms with van der Waals surface area (Å²) in [6.07, 6.45) is 7.08. The Balaban J connectivity index is -0.000000114. The zero-order valence-corrected chi connectivity index (χ0v) is 5.97. The first-order chi connectivity index (χ1) is 3.89. The second kappa shape index (κ2) is 11.4. The number of hydrogen-bond acceptors (Lipinski definition) is 2.